The zero-order valence-corrected chi connectivity index (χ0v) is 21.0. The second kappa shape index (κ2) is 11.6. The van der Waals surface area contributed by atoms with Gasteiger partial charge < -0.3 is 10.3 Å². The number of benzene rings is 2. The van der Waals surface area contributed by atoms with Gasteiger partial charge in [-0.05, 0) is 61.9 Å². The smallest absolute Gasteiger partial charge is 0.152 e. The van der Waals surface area contributed by atoms with Crippen LogP contribution in [0.4, 0.5) is 11.5 Å². The van der Waals surface area contributed by atoms with Gasteiger partial charge in [0, 0.05) is 29.8 Å². The van der Waals surface area contributed by atoms with Crippen LogP contribution < -0.4 is 15.9 Å². The molecule has 34 heavy (non-hydrogen) atoms. The number of aryl methyl sites for hydroxylation is 3. The van der Waals surface area contributed by atoms with Crippen molar-refractivity contribution in [3.63, 3.8) is 0 Å². The molecular weight excluding hydrogens is 444 g/mol. The van der Waals surface area contributed by atoms with Crippen LogP contribution in [0.2, 0.25) is 0 Å². The number of imidazole rings is 1. The fourth-order valence-electron chi connectivity index (χ4n) is 4.16. The molecule has 180 valence electrons. The van der Waals surface area contributed by atoms with Crippen molar-refractivity contribution in [3.05, 3.63) is 53.9 Å². The molecular formula is C26H34N6OS. The van der Waals surface area contributed by atoms with Gasteiger partial charge in [-0.2, -0.15) is 0 Å². The molecule has 0 aliphatic rings. The summed E-state index contributed by atoms with van der Waals surface area (Å²) in [5.41, 5.74) is 14.3. The third kappa shape index (κ3) is 5.46. The Balaban J connectivity index is 1.42. The van der Waals surface area contributed by atoms with Crippen molar-refractivity contribution in [2.75, 3.05) is 24.9 Å². The Hall–Kier alpha value is -2.81. The topological polar surface area (TPSA) is 90.0 Å². The molecule has 0 fully saturated rings. The van der Waals surface area contributed by atoms with Gasteiger partial charge in [-0.25, -0.2) is 9.97 Å². The first kappa shape index (κ1) is 24.3. The van der Waals surface area contributed by atoms with Crippen molar-refractivity contribution in [1.82, 2.24) is 19.3 Å². The third-order valence-electron chi connectivity index (χ3n) is 5.96. The Morgan fingerprint density at radius 1 is 1.09 bits per heavy atom. The van der Waals surface area contributed by atoms with E-state index in [4.69, 9.17) is 15.6 Å². The molecule has 4 N–H and O–H groups in total. The van der Waals surface area contributed by atoms with Crippen molar-refractivity contribution >= 4 is 45.4 Å². The summed E-state index contributed by atoms with van der Waals surface area (Å²) in [6.07, 6.45) is 5.33. The number of anilines is 2. The van der Waals surface area contributed by atoms with E-state index in [2.05, 4.69) is 63.9 Å². The van der Waals surface area contributed by atoms with Crippen LogP contribution in [-0.4, -0.2) is 28.2 Å². The average Bonchev–Trinajstić information content (AvgIpc) is 3.21. The number of nitrogens with one attached hydrogen (secondary N) is 2. The maximum Gasteiger partial charge on any atom is 0.152 e. The summed E-state index contributed by atoms with van der Waals surface area (Å²) < 4.78 is 5.86. The van der Waals surface area contributed by atoms with E-state index in [0.717, 1.165) is 89.1 Å². The molecule has 0 spiro atoms. The lowest BCUT2D eigenvalue weighted by Crippen LogP contribution is -2.09. The van der Waals surface area contributed by atoms with E-state index in [0.29, 0.717) is 5.82 Å². The predicted molar refractivity (Wildman–Crippen MR) is 143 cm³/mol. The van der Waals surface area contributed by atoms with Crippen LogP contribution in [0.1, 0.15) is 44.0 Å². The summed E-state index contributed by atoms with van der Waals surface area (Å²) in [5.74, 6) is 1.63. The van der Waals surface area contributed by atoms with Gasteiger partial charge in [0.05, 0.1) is 23.8 Å². The second-order valence-electron chi connectivity index (χ2n) is 8.48. The molecule has 0 aliphatic heterocycles. The molecule has 0 radical (unpaired) electrons. The molecule has 0 saturated carbocycles. The number of pyridine rings is 1. The van der Waals surface area contributed by atoms with Crippen LogP contribution in [-0.2, 0) is 17.8 Å². The molecule has 0 aliphatic carbocycles. The largest absolute Gasteiger partial charge is 0.382 e. The highest BCUT2D eigenvalue weighted by atomic mass is 32.2. The molecule has 0 unspecified atom stereocenters. The first-order chi connectivity index (χ1) is 16.6. The Bertz CT molecular complexity index is 1260. The highest BCUT2D eigenvalue weighted by molar-refractivity contribution is 7.97. The van der Waals surface area contributed by atoms with Crippen LogP contribution in [0.3, 0.4) is 0 Å². The lowest BCUT2D eigenvalue weighted by Gasteiger charge is -2.12. The van der Waals surface area contributed by atoms with Gasteiger partial charge >= 0.3 is 0 Å². The molecule has 2 aromatic heterocycles. The summed E-state index contributed by atoms with van der Waals surface area (Å²) in [7, 11) is 1.63. The monoisotopic (exact) mass is 478 g/mol. The van der Waals surface area contributed by atoms with Crippen molar-refractivity contribution in [1.29, 1.82) is 0 Å². The number of unbranched alkanes of at least 4 members (excludes halogenated alkanes) is 2. The first-order valence-electron chi connectivity index (χ1n) is 11.9. The number of aromatic nitrogens is 3. The van der Waals surface area contributed by atoms with Crippen LogP contribution in [0.5, 0.6) is 0 Å². The molecule has 0 amide bonds. The minimum atomic E-state index is 0.517. The lowest BCUT2D eigenvalue weighted by molar-refractivity contribution is 0.270. The van der Waals surface area contributed by atoms with Crippen LogP contribution in [0, 0.1) is 6.92 Å². The van der Waals surface area contributed by atoms with Gasteiger partial charge in [-0.1, -0.05) is 37.6 Å². The molecule has 0 atom stereocenters. The fourth-order valence-corrected chi connectivity index (χ4v) is 4.88. The molecule has 0 bridgehead atoms. The van der Waals surface area contributed by atoms with E-state index in [1.54, 1.807) is 19.1 Å². The highest BCUT2D eigenvalue weighted by Crippen LogP contribution is 2.29. The number of hydrogen-bond donors (Lipinski definition) is 3. The summed E-state index contributed by atoms with van der Waals surface area (Å²) >= 11 is 1.65. The number of rotatable bonds is 12. The quantitative estimate of drug-likeness (QED) is 0.133. The minimum Gasteiger partial charge on any atom is -0.382 e. The molecule has 8 heteroatoms. The number of para-hydroxylation sites is 1. The van der Waals surface area contributed by atoms with Crippen molar-refractivity contribution in [3.8, 4) is 0 Å². The molecule has 7 nitrogen and oxygen atoms in total. The maximum atomic E-state index is 6.31. The van der Waals surface area contributed by atoms with Gasteiger partial charge in [0.25, 0.3) is 0 Å². The summed E-state index contributed by atoms with van der Waals surface area (Å²) in [6.45, 7) is 6.11. The zero-order chi connectivity index (χ0) is 23.9. The van der Waals surface area contributed by atoms with Crippen molar-refractivity contribution < 1.29 is 4.84 Å². The molecule has 2 heterocycles. The van der Waals surface area contributed by atoms with E-state index in [1.807, 2.05) is 12.1 Å². The predicted octanol–water partition coefficient (Wildman–Crippen LogP) is 5.87. The van der Waals surface area contributed by atoms with Gasteiger partial charge in [-0.3, -0.25) is 15.0 Å². The number of nitrogen functional groups attached to an aromatic ring is 1. The van der Waals surface area contributed by atoms with Crippen LogP contribution in [0.15, 0.2) is 47.4 Å². The Morgan fingerprint density at radius 2 is 1.94 bits per heavy atom. The molecule has 4 rings (SSSR count). The van der Waals surface area contributed by atoms with Gasteiger partial charge in [-0.15, -0.1) is 0 Å². The van der Waals surface area contributed by atoms with E-state index >= 15 is 0 Å². The maximum absolute atomic E-state index is 6.31. The Labute approximate surface area is 205 Å². The number of fused-ring (bicyclic) bond motifs is 3. The SMILES string of the molecule is CCCCc1nc2c(N)nc3ccccc3c2n1CCCCNSc1ccc(C)c(NOC)c1. The minimum absolute atomic E-state index is 0.517. The standard InChI is InChI=1S/C26H34N6OS/c1-4-5-12-23-30-24-25(20-10-6-7-11-21(20)29-26(24)27)32(23)16-9-8-15-28-34-19-14-13-18(2)22(17-19)31-33-3/h6-7,10-11,13-14,17,28,31H,4-5,8-9,12,15-16H2,1-3H3,(H2,27,29). The van der Waals surface area contributed by atoms with E-state index in [1.165, 1.54) is 0 Å². The van der Waals surface area contributed by atoms with E-state index < -0.39 is 0 Å². The number of hydrogen-bond acceptors (Lipinski definition) is 7. The second-order valence-corrected chi connectivity index (χ2v) is 9.45. The fraction of sp³-hybridized carbons (Fsp3) is 0.385. The summed E-state index contributed by atoms with van der Waals surface area (Å²) in [6, 6.07) is 14.5. The number of nitrogens with two attached hydrogens (primary N) is 1. The number of nitrogens with zero attached hydrogens (tertiary/aromatic N) is 3. The van der Waals surface area contributed by atoms with Gasteiger partial charge in [0.2, 0.25) is 0 Å². The Morgan fingerprint density at radius 3 is 2.76 bits per heavy atom. The lowest BCUT2D eigenvalue weighted by atomic mass is 10.2. The zero-order valence-electron chi connectivity index (χ0n) is 20.2. The Kier molecular flexibility index (Phi) is 8.26. The van der Waals surface area contributed by atoms with Crippen LogP contribution in [0.25, 0.3) is 21.9 Å². The van der Waals surface area contributed by atoms with Gasteiger partial charge in [0.1, 0.15) is 11.3 Å². The van der Waals surface area contributed by atoms with E-state index in [9.17, 15) is 0 Å². The van der Waals surface area contributed by atoms with Crippen molar-refractivity contribution in [2.24, 2.45) is 0 Å². The molecule has 4 aromatic rings. The third-order valence-corrected chi connectivity index (χ3v) is 6.80. The van der Waals surface area contributed by atoms with Crippen molar-refractivity contribution in [2.45, 2.75) is 57.4 Å². The first-order valence-corrected chi connectivity index (χ1v) is 12.8. The normalized spacial score (nSPS) is 11.5. The summed E-state index contributed by atoms with van der Waals surface area (Å²) in [5, 5.41) is 1.12. The molecule has 2 aromatic carbocycles. The van der Waals surface area contributed by atoms with Crippen LogP contribution >= 0.6 is 11.9 Å². The average molecular weight is 479 g/mol. The molecule has 0 saturated heterocycles. The van der Waals surface area contributed by atoms with Gasteiger partial charge in [0.15, 0.2) is 5.82 Å². The van der Waals surface area contributed by atoms with E-state index in [-0.39, 0.29) is 0 Å². The highest BCUT2D eigenvalue weighted by Gasteiger charge is 2.16. The summed E-state index contributed by atoms with van der Waals surface area (Å²) in [4.78, 5) is 15.7.